The second kappa shape index (κ2) is 7.18. The minimum Gasteiger partial charge on any atom is -0.396 e. The maximum Gasteiger partial charge on any atom is 0.254 e. The average molecular weight is 301 g/mol. The van der Waals surface area contributed by atoms with Gasteiger partial charge in [0.1, 0.15) is 5.82 Å². The van der Waals surface area contributed by atoms with E-state index in [0.717, 1.165) is 5.56 Å². The molecule has 1 atom stereocenters. The molecule has 0 saturated carbocycles. The van der Waals surface area contributed by atoms with Crippen LogP contribution in [-0.2, 0) is 0 Å². The number of nitrogens with zero attached hydrogens (tertiary/aromatic N) is 1. The van der Waals surface area contributed by atoms with Crippen LogP contribution >= 0.6 is 0 Å². The van der Waals surface area contributed by atoms with Gasteiger partial charge in [0.2, 0.25) is 0 Å². The van der Waals surface area contributed by atoms with E-state index in [1.54, 1.807) is 24.9 Å². The molecular formula is C18H20FNO2. The van der Waals surface area contributed by atoms with Crippen LogP contribution in [0.25, 0.3) is 0 Å². The van der Waals surface area contributed by atoms with Gasteiger partial charge in [0.25, 0.3) is 5.91 Å². The number of carbonyl (C=O) groups is 1. The molecule has 0 aliphatic carbocycles. The SMILES string of the molecule is Cc1cc(C(=O)N(C)C(CCO)c2ccccc2)ccc1F. The van der Waals surface area contributed by atoms with Gasteiger partial charge in [-0.3, -0.25) is 4.79 Å². The minimum absolute atomic E-state index is 0.0143. The van der Waals surface area contributed by atoms with Gasteiger partial charge in [-0.1, -0.05) is 30.3 Å². The van der Waals surface area contributed by atoms with E-state index in [2.05, 4.69) is 0 Å². The fourth-order valence-electron chi connectivity index (χ4n) is 2.50. The molecule has 0 bridgehead atoms. The third kappa shape index (κ3) is 3.52. The van der Waals surface area contributed by atoms with Crippen molar-refractivity contribution in [1.82, 2.24) is 4.90 Å². The summed E-state index contributed by atoms with van der Waals surface area (Å²) in [6.07, 6.45) is 0.451. The lowest BCUT2D eigenvalue weighted by Crippen LogP contribution is -2.32. The normalized spacial score (nSPS) is 12.0. The van der Waals surface area contributed by atoms with Crippen molar-refractivity contribution in [2.75, 3.05) is 13.7 Å². The summed E-state index contributed by atoms with van der Waals surface area (Å²) in [5, 5.41) is 9.29. The first-order valence-corrected chi connectivity index (χ1v) is 7.23. The van der Waals surface area contributed by atoms with E-state index in [-0.39, 0.29) is 24.4 Å². The van der Waals surface area contributed by atoms with Crippen molar-refractivity contribution in [3.63, 3.8) is 0 Å². The Kier molecular flexibility index (Phi) is 5.28. The predicted octanol–water partition coefficient (Wildman–Crippen LogP) is 3.33. The Morgan fingerprint density at radius 2 is 1.91 bits per heavy atom. The molecule has 0 saturated heterocycles. The van der Waals surface area contributed by atoms with Crippen molar-refractivity contribution in [3.05, 3.63) is 71.0 Å². The number of halogens is 1. The molecule has 2 aromatic carbocycles. The summed E-state index contributed by atoms with van der Waals surface area (Å²) in [4.78, 5) is 14.2. The highest BCUT2D eigenvalue weighted by Crippen LogP contribution is 2.24. The number of hydrogen-bond donors (Lipinski definition) is 1. The van der Waals surface area contributed by atoms with Crippen LogP contribution in [0.4, 0.5) is 4.39 Å². The Balaban J connectivity index is 2.28. The Bertz CT molecular complexity index is 643. The molecule has 116 valence electrons. The van der Waals surface area contributed by atoms with Crippen LogP contribution in [0.1, 0.15) is 33.9 Å². The summed E-state index contributed by atoms with van der Waals surface area (Å²) in [6, 6.07) is 13.7. The Morgan fingerprint density at radius 3 is 2.50 bits per heavy atom. The van der Waals surface area contributed by atoms with E-state index in [0.29, 0.717) is 17.5 Å². The maximum atomic E-state index is 13.3. The zero-order valence-electron chi connectivity index (χ0n) is 12.8. The van der Waals surface area contributed by atoms with Gasteiger partial charge in [-0.25, -0.2) is 4.39 Å². The summed E-state index contributed by atoms with van der Waals surface area (Å²) >= 11 is 0. The molecule has 2 rings (SSSR count). The first kappa shape index (κ1) is 16.2. The van der Waals surface area contributed by atoms with Gasteiger partial charge in [0.05, 0.1) is 6.04 Å². The molecule has 0 aliphatic heterocycles. The molecule has 0 radical (unpaired) electrons. The fraction of sp³-hybridized carbons (Fsp3) is 0.278. The topological polar surface area (TPSA) is 40.5 Å². The third-order valence-electron chi connectivity index (χ3n) is 3.78. The van der Waals surface area contributed by atoms with Crippen LogP contribution in [0, 0.1) is 12.7 Å². The molecule has 0 spiro atoms. The molecule has 1 N–H and O–H groups in total. The maximum absolute atomic E-state index is 13.3. The van der Waals surface area contributed by atoms with Crippen LogP contribution in [0.5, 0.6) is 0 Å². The molecule has 0 aromatic heterocycles. The molecular weight excluding hydrogens is 281 g/mol. The lowest BCUT2D eigenvalue weighted by atomic mass is 10.0. The zero-order valence-corrected chi connectivity index (χ0v) is 12.8. The van der Waals surface area contributed by atoms with E-state index in [1.165, 1.54) is 12.1 Å². The largest absolute Gasteiger partial charge is 0.396 e. The molecule has 1 unspecified atom stereocenters. The van der Waals surface area contributed by atoms with Gasteiger partial charge in [-0.2, -0.15) is 0 Å². The first-order chi connectivity index (χ1) is 10.5. The second-order valence-corrected chi connectivity index (χ2v) is 5.32. The molecule has 22 heavy (non-hydrogen) atoms. The number of aliphatic hydroxyl groups excluding tert-OH is 1. The Labute approximate surface area is 130 Å². The van der Waals surface area contributed by atoms with Crippen LogP contribution < -0.4 is 0 Å². The molecule has 2 aromatic rings. The van der Waals surface area contributed by atoms with Crippen molar-refractivity contribution in [2.45, 2.75) is 19.4 Å². The van der Waals surface area contributed by atoms with Crippen LogP contribution in [0.2, 0.25) is 0 Å². The van der Waals surface area contributed by atoms with Crippen molar-refractivity contribution < 1.29 is 14.3 Å². The second-order valence-electron chi connectivity index (χ2n) is 5.32. The van der Waals surface area contributed by atoms with Gasteiger partial charge < -0.3 is 10.0 Å². The average Bonchev–Trinajstić information content (AvgIpc) is 2.54. The first-order valence-electron chi connectivity index (χ1n) is 7.23. The molecule has 4 heteroatoms. The summed E-state index contributed by atoms with van der Waals surface area (Å²) in [7, 11) is 1.70. The third-order valence-corrected chi connectivity index (χ3v) is 3.78. The van der Waals surface area contributed by atoms with E-state index in [1.807, 2.05) is 30.3 Å². The number of aliphatic hydroxyl groups is 1. The highest BCUT2D eigenvalue weighted by Gasteiger charge is 2.22. The number of rotatable bonds is 5. The van der Waals surface area contributed by atoms with E-state index >= 15 is 0 Å². The van der Waals surface area contributed by atoms with Crippen molar-refractivity contribution in [3.8, 4) is 0 Å². The van der Waals surface area contributed by atoms with Crippen molar-refractivity contribution in [1.29, 1.82) is 0 Å². The van der Waals surface area contributed by atoms with Gasteiger partial charge in [0.15, 0.2) is 0 Å². The number of amides is 1. The number of aryl methyl sites for hydroxylation is 1. The van der Waals surface area contributed by atoms with E-state index in [9.17, 15) is 14.3 Å². The molecule has 1 amide bonds. The Hall–Kier alpha value is -2.20. The van der Waals surface area contributed by atoms with Gasteiger partial charge >= 0.3 is 0 Å². The summed E-state index contributed by atoms with van der Waals surface area (Å²) in [5.41, 5.74) is 1.85. The number of benzene rings is 2. The molecule has 0 fully saturated rings. The van der Waals surface area contributed by atoms with Crippen LogP contribution in [-0.4, -0.2) is 29.6 Å². The molecule has 3 nitrogen and oxygen atoms in total. The van der Waals surface area contributed by atoms with Crippen molar-refractivity contribution in [2.24, 2.45) is 0 Å². The van der Waals surface area contributed by atoms with E-state index < -0.39 is 0 Å². The van der Waals surface area contributed by atoms with Crippen LogP contribution in [0.15, 0.2) is 48.5 Å². The van der Waals surface area contributed by atoms with E-state index in [4.69, 9.17) is 0 Å². The summed E-state index contributed by atoms with van der Waals surface area (Å²) in [5.74, 6) is -0.514. The smallest absolute Gasteiger partial charge is 0.254 e. The molecule has 0 aliphatic rings. The minimum atomic E-state index is -0.325. The molecule has 0 heterocycles. The number of carbonyl (C=O) groups excluding carboxylic acids is 1. The van der Waals surface area contributed by atoms with Crippen molar-refractivity contribution >= 4 is 5.91 Å². The lowest BCUT2D eigenvalue weighted by molar-refractivity contribution is 0.0705. The number of hydrogen-bond acceptors (Lipinski definition) is 2. The van der Waals surface area contributed by atoms with Crippen LogP contribution in [0.3, 0.4) is 0 Å². The highest BCUT2D eigenvalue weighted by atomic mass is 19.1. The fourth-order valence-corrected chi connectivity index (χ4v) is 2.50. The highest BCUT2D eigenvalue weighted by molar-refractivity contribution is 5.94. The summed E-state index contributed by atoms with van der Waals surface area (Å²) < 4.78 is 13.3. The summed E-state index contributed by atoms with van der Waals surface area (Å²) in [6.45, 7) is 1.62. The van der Waals surface area contributed by atoms with Gasteiger partial charge in [-0.15, -0.1) is 0 Å². The monoisotopic (exact) mass is 301 g/mol. The lowest BCUT2D eigenvalue weighted by Gasteiger charge is -2.28. The van der Waals surface area contributed by atoms with Gasteiger partial charge in [-0.05, 0) is 42.7 Å². The standard InChI is InChI=1S/C18H20FNO2/c1-13-12-15(8-9-16(13)19)18(22)20(2)17(10-11-21)14-6-4-3-5-7-14/h3-9,12,17,21H,10-11H2,1-2H3. The van der Waals surface area contributed by atoms with Gasteiger partial charge in [0, 0.05) is 19.2 Å². The zero-order chi connectivity index (χ0) is 16.1. The quantitative estimate of drug-likeness (QED) is 0.920. The predicted molar refractivity (Wildman–Crippen MR) is 84.1 cm³/mol. The Morgan fingerprint density at radius 1 is 1.23 bits per heavy atom.